The maximum Gasteiger partial charge on any atom is 0.255 e. The fourth-order valence-corrected chi connectivity index (χ4v) is 1.12. The monoisotopic (exact) mass is 175 g/mol. The largest absolute Gasteiger partial charge is 0.329 e. The molecule has 0 bridgehead atoms. The van der Waals surface area contributed by atoms with Gasteiger partial charge in [-0.2, -0.15) is 0 Å². The number of aromatic nitrogens is 1. The standard InChI is InChI=1S/C11H13NO/c1-3-5-6-10-9(4-2)7-8-12-11(10)13/h3-8H,1-2H3,(H,12,13)/b5-3-,9-4-,10-6+. The summed E-state index contributed by atoms with van der Waals surface area (Å²) in [7, 11) is 0. The summed E-state index contributed by atoms with van der Waals surface area (Å²) in [6, 6.07) is 1.89. The average Bonchev–Trinajstić information content (AvgIpc) is 2.15. The lowest BCUT2D eigenvalue weighted by Gasteiger charge is -1.86. The van der Waals surface area contributed by atoms with Crippen molar-refractivity contribution >= 4 is 12.2 Å². The third kappa shape index (κ3) is 2.18. The van der Waals surface area contributed by atoms with Crippen LogP contribution in [0, 0.1) is 0 Å². The van der Waals surface area contributed by atoms with Crippen LogP contribution in [-0.4, -0.2) is 4.98 Å². The van der Waals surface area contributed by atoms with E-state index < -0.39 is 0 Å². The van der Waals surface area contributed by atoms with Gasteiger partial charge in [-0.3, -0.25) is 4.79 Å². The molecule has 13 heavy (non-hydrogen) atoms. The third-order valence-corrected chi connectivity index (χ3v) is 1.80. The molecule has 2 heteroatoms. The van der Waals surface area contributed by atoms with Gasteiger partial charge in [0.1, 0.15) is 0 Å². The molecule has 0 aliphatic carbocycles. The minimum absolute atomic E-state index is 0.0475. The summed E-state index contributed by atoms with van der Waals surface area (Å²) in [4.78, 5) is 14.0. The highest BCUT2D eigenvalue weighted by Crippen LogP contribution is 1.69. The van der Waals surface area contributed by atoms with Crippen LogP contribution in [-0.2, 0) is 0 Å². The smallest absolute Gasteiger partial charge is 0.255 e. The van der Waals surface area contributed by atoms with Crippen molar-refractivity contribution in [2.75, 3.05) is 0 Å². The Balaban J connectivity index is 3.60. The topological polar surface area (TPSA) is 32.9 Å². The van der Waals surface area contributed by atoms with E-state index in [-0.39, 0.29) is 5.56 Å². The van der Waals surface area contributed by atoms with Crippen molar-refractivity contribution in [2.45, 2.75) is 13.8 Å². The van der Waals surface area contributed by atoms with E-state index in [1.807, 2.05) is 44.2 Å². The van der Waals surface area contributed by atoms with Crippen molar-refractivity contribution in [1.82, 2.24) is 4.98 Å². The molecule has 0 aliphatic rings. The molecule has 1 rings (SSSR count). The number of pyridine rings is 1. The van der Waals surface area contributed by atoms with Gasteiger partial charge in [0, 0.05) is 11.4 Å². The fraction of sp³-hybridized carbons (Fsp3) is 0.182. The molecule has 0 aromatic carbocycles. The van der Waals surface area contributed by atoms with Crippen molar-refractivity contribution in [1.29, 1.82) is 0 Å². The highest BCUT2D eigenvalue weighted by atomic mass is 16.1. The lowest BCUT2D eigenvalue weighted by atomic mass is 10.2. The summed E-state index contributed by atoms with van der Waals surface area (Å²) >= 11 is 0. The molecule has 0 saturated heterocycles. The molecule has 0 fully saturated rings. The predicted octanol–water partition coefficient (Wildman–Crippen LogP) is 0.532. The summed E-state index contributed by atoms with van der Waals surface area (Å²) in [5.74, 6) is 0. The molecule has 1 aromatic rings. The van der Waals surface area contributed by atoms with E-state index in [0.29, 0.717) is 5.22 Å². The molecule has 0 amide bonds. The summed E-state index contributed by atoms with van der Waals surface area (Å²) < 4.78 is 0. The van der Waals surface area contributed by atoms with Crippen LogP contribution in [0.25, 0.3) is 12.2 Å². The molecule has 0 atom stereocenters. The van der Waals surface area contributed by atoms with Crippen LogP contribution >= 0.6 is 0 Å². The fourth-order valence-electron chi connectivity index (χ4n) is 1.12. The van der Waals surface area contributed by atoms with E-state index in [1.165, 1.54) is 0 Å². The summed E-state index contributed by atoms with van der Waals surface area (Å²) in [5, 5.41) is 1.67. The van der Waals surface area contributed by atoms with Crippen molar-refractivity contribution < 1.29 is 0 Å². The molecule has 0 saturated carbocycles. The van der Waals surface area contributed by atoms with Gasteiger partial charge in [-0.15, -0.1) is 0 Å². The van der Waals surface area contributed by atoms with Crippen molar-refractivity contribution in [3.8, 4) is 0 Å². The number of aromatic amines is 1. The third-order valence-electron chi connectivity index (χ3n) is 1.80. The van der Waals surface area contributed by atoms with E-state index >= 15 is 0 Å². The molecular weight excluding hydrogens is 162 g/mol. The summed E-state index contributed by atoms with van der Waals surface area (Å²) in [6.45, 7) is 3.84. The second-order valence-corrected chi connectivity index (χ2v) is 2.66. The lowest BCUT2D eigenvalue weighted by Crippen LogP contribution is -2.39. The number of H-pyrrole nitrogens is 1. The Morgan fingerprint density at radius 2 is 2.15 bits per heavy atom. The Labute approximate surface area is 76.9 Å². The second-order valence-electron chi connectivity index (χ2n) is 2.66. The highest BCUT2D eigenvalue weighted by molar-refractivity contribution is 5.37. The van der Waals surface area contributed by atoms with E-state index in [9.17, 15) is 4.79 Å². The van der Waals surface area contributed by atoms with Gasteiger partial charge in [-0.1, -0.05) is 18.2 Å². The van der Waals surface area contributed by atoms with Gasteiger partial charge < -0.3 is 4.98 Å². The molecule has 0 unspecified atom stereocenters. The van der Waals surface area contributed by atoms with E-state index in [0.717, 1.165) is 5.22 Å². The predicted molar refractivity (Wildman–Crippen MR) is 55.7 cm³/mol. The van der Waals surface area contributed by atoms with E-state index in [1.54, 1.807) is 6.20 Å². The van der Waals surface area contributed by atoms with Crippen LogP contribution in [0.2, 0.25) is 0 Å². The first kappa shape index (κ1) is 9.52. The molecular formula is C11H13NO. The Morgan fingerprint density at radius 1 is 1.38 bits per heavy atom. The first-order valence-corrected chi connectivity index (χ1v) is 4.26. The van der Waals surface area contributed by atoms with Crippen LogP contribution in [0.1, 0.15) is 13.8 Å². The Kier molecular flexibility index (Phi) is 3.26. The first-order chi connectivity index (χ1) is 6.29. The highest BCUT2D eigenvalue weighted by Gasteiger charge is 1.87. The number of hydrogen-bond acceptors (Lipinski definition) is 1. The SMILES string of the molecule is C\C=C/C=c1/c(=O)[nH]cc/c1=C/C. The van der Waals surface area contributed by atoms with Crippen LogP contribution in [0.4, 0.5) is 0 Å². The van der Waals surface area contributed by atoms with Crippen LogP contribution in [0.15, 0.2) is 29.2 Å². The second kappa shape index (κ2) is 4.45. The number of nitrogens with one attached hydrogen (secondary N) is 1. The minimum atomic E-state index is -0.0475. The molecule has 2 nitrogen and oxygen atoms in total. The molecule has 0 radical (unpaired) electrons. The molecule has 0 aliphatic heterocycles. The average molecular weight is 175 g/mol. The van der Waals surface area contributed by atoms with Crippen LogP contribution in [0.5, 0.6) is 0 Å². The number of rotatable bonds is 1. The number of hydrogen-bond donors (Lipinski definition) is 1. The zero-order valence-corrected chi connectivity index (χ0v) is 7.87. The minimum Gasteiger partial charge on any atom is -0.329 e. The van der Waals surface area contributed by atoms with Crippen LogP contribution < -0.4 is 16.0 Å². The molecule has 1 N–H and O–H groups in total. The van der Waals surface area contributed by atoms with Crippen LogP contribution in [0.3, 0.4) is 0 Å². The summed E-state index contributed by atoms with van der Waals surface area (Å²) in [5.41, 5.74) is -0.0475. The molecule has 0 spiro atoms. The van der Waals surface area contributed by atoms with Gasteiger partial charge >= 0.3 is 0 Å². The number of allylic oxidation sites excluding steroid dienone is 2. The lowest BCUT2D eigenvalue weighted by molar-refractivity contribution is 1.18. The Bertz CT molecular complexity index is 466. The van der Waals surface area contributed by atoms with Gasteiger partial charge in [0.25, 0.3) is 5.56 Å². The van der Waals surface area contributed by atoms with Gasteiger partial charge in [-0.05, 0) is 31.2 Å². The maximum atomic E-state index is 11.4. The first-order valence-electron chi connectivity index (χ1n) is 4.26. The van der Waals surface area contributed by atoms with Crippen molar-refractivity contribution in [3.63, 3.8) is 0 Å². The zero-order valence-electron chi connectivity index (χ0n) is 7.87. The van der Waals surface area contributed by atoms with Gasteiger partial charge in [0.05, 0.1) is 0 Å². The normalized spacial score (nSPS) is 14.3. The van der Waals surface area contributed by atoms with Crippen molar-refractivity contribution in [3.05, 3.63) is 45.2 Å². The summed E-state index contributed by atoms with van der Waals surface area (Å²) in [6.07, 6.45) is 9.15. The Morgan fingerprint density at radius 3 is 2.77 bits per heavy atom. The zero-order chi connectivity index (χ0) is 9.68. The molecule has 1 heterocycles. The Hall–Kier alpha value is -1.57. The quantitative estimate of drug-likeness (QED) is 0.663. The van der Waals surface area contributed by atoms with Gasteiger partial charge in [0.2, 0.25) is 0 Å². The van der Waals surface area contributed by atoms with Crippen molar-refractivity contribution in [2.24, 2.45) is 0 Å². The van der Waals surface area contributed by atoms with E-state index in [4.69, 9.17) is 0 Å². The maximum absolute atomic E-state index is 11.4. The molecule has 1 aromatic heterocycles. The molecule has 68 valence electrons. The van der Waals surface area contributed by atoms with E-state index in [2.05, 4.69) is 4.98 Å². The van der Waals surface area contributed by atoms with Gasteiger partial charge in [0.15, 0.2) is 0 Å². The van der Waals surface area contributed by atoms with Gasteiger partial charge in [-0.25, -0.2) is 0 Å².